The summed E-state index contributed by atoms with van der Waals surface area (Å²) in [5.41, 5.74) is 6.73. The second-order valence-corrected chi connectivity index (χ2v) is 6.02. The first-order chi connectivity index (χ1) is 12.1. The van der Waals surface area contributed by atoms with Gasteiger partial charge in [-0.1, -0.05) is 0 Å². The summed E-state index contributed by atoms with van der Waals surface area (Å²) in [6, 6.07) is 6.69. The quantitative estimate of drug-likeness (QED) is 0.916. The molecule has 0 amide bonds. The van der Waals surface area contributed by atoms with Crippen molar-refractivity contribution in [1.29, 1.82) is 5.26 Å². The van der Waals surface area contributed by atoms with Crippen LogP contribution in [0.15, 0.2) is 24.4 Å². The highest BCUT2D eigenvalue weighted by atomic mass is 19.1. The van der Waals surface area contributed by atoms with E-state index >= 15 is 0 Å². The van der Waals surface area contributed by atoms with Gasteiger partial charge < -0.3 is 15.2 Å². The van der Waals surface area contributed by atoms with Gasteiger partial charge in [0, 0.05) is 23.7 Å². The standard InChI is InChI=1S/C18H19FN4O2/c1-24-18-15(21)8-12(10-22-18)17-14(19)6-7-16(23-17)25-13-4-2-11(9-20)3-5-13/h6-8,10-11,13H,2-5,21H2,1H3. The number of anilines is 1. The van der Waals surface area contributed by atoms with E-state index in [-0.39, 0.29) is 23.6 Å². The number of ether oxygens (including phenoxy) is 2. The number of hydrogen-bond acceptors (Lipinski definition) is 6. The largest absolute Gasteiger partial charge is 0.480 e. The number of nitrogens with zero attached hydrogens (tertiary/aromatic N) is 3. The lowest BCUT2D eigenvalue weighted by atomic mass is 9.88. The molecule has 0 saturated heterocycles. The van der Waals surface area contributed by atoms with Crippen molar-refractivity contribution in [3.63, 3.8) is 0 Å². The van der Waals surface area contributed by atoms with Crippen LogP contribution in [-0.2, 0) is 0 Å². The SMILES string of the molecule is COc1ncc(-c2nc(OC3CCC(C#N)CC3)ccc2F)cc1N. The van der Waals surface area contributed by atoms with Crippen LogP contribution in [0.4, 0.5) is 10.1 Å². The van der Waals surface area contributed by atoms with E-state index in [9.17, 15) is 4.39 Å². The second kappa shape index (κ2) is 7.34. The Bertz CT molecular complexity index is 798. The summed E-state index contributed by atoms with van der Waals surface area (Å²) < 4.78 is 25.1. The third kappa shape index (κ3) is 3.79. The number of nitrogen functional groups attached to an aromatic ring is 1. The number of nitriles is 1. The zero-order chi connectivity index (χ0) is 17.8. The summed E-state index contributed by atoms with van der Waals surface area (Å²) in [5.74, 6) is 0.258. The molecule has 1 fully saturated rings. The van der Waals surface area contributed by atoms with Gasteiger partial charge in [0.1, 0.15) is 17.6 Å². The van der Waals surface area contributed by atoms with Gasteiger partial charge in [0.25, 0.3) is 0 Å². The Morgan fingerprint density at radius 1 is 1.28 bits per heavy atom. The molecule has 0 spiro atoms. The highest BCUT2D eigenvalue weighted by Gasteiger charge is 2.23. The molecule has 0 aromatic carbocycles. The van der Waals surface area contributed by atoms with Crippen LogP contribution in [0.3, 0.4) is 0 Å². The minimum atomic E-state index is -0.480. The number of halogens is 1. The fourth-order valence-corrected chi connectivity index (χ4v) is 2.94. The zero-order valence-corrected chi connectivity index (χ0v) is 13.9. The maximum atomic E-state index is 14.2. The molecule has 0 radical (unpaired) electrons. The molecule has 7 heteroatoms. The van der Waals surface area contributed by atoms with Crippen molar-refractivity contribution in [2.45, 2.75) is 31.8 Å². The van der Waals surface area contributed by atoms with Crippen molar-refractivity contribution >= 4 is 5.69 Å². The summed E-state index contributed by atoms with van der Waals surface area (Å²) >= 11 is 0. The Kier molecular flexibility index (Phi) is 4.98. The van der Waals surface area contributed by atoms with Crippen molar-refractivity contribution in [2.75, 3.05) is 12.8 Å². The van der Waals surface area contributed by atoms with Gasteiger partial charge in [-0.3, -0.25) is 0 Å². The Balaban J connectivity index is 1.79. The summed E-state index contributed by atoms with van der Waals surface area (Å²) in [5, 5.41) is 8.95. The second-order valence-electron chi connectivity index (χ2n) is 6.02. The van der Waals surface area contributed by atoms with Crippen LogP contribution in [0.5, 0.6) is 11.8 Å². The lowest BCUT2D eigenvalue weighted by Gasteiger charge is -2.25. The summed E-state index contributed by atoms with van der Waals surface area (Å²) in [7, 11) is 1.46. The number of hydrogen-bond donors (Lipinski definition) is 1. The van der Waals surface area contributed by atoms with E-state index in [1.54, 1.807) is 6.07 Å². The van der Waals surface area contributed by atoms with E-state index in [1.165, 1.54) is 25.4 Å². The summed E-state index contributed by atoms with van der Waals surface area (Å²) in [6.07, 6.45) is 4.67. The topological polar surface area (TPSA) is 94.0 Å². The van der Waals surface area contributed by atoms with Gasteiger partial charge in [0.2, 0.25) is 11.8 Å². The van der Waals surface area contributed by atoms with Crippen molar-refractivity contribution in [2.24, 2.45) is 5.92 Å². The van der Waals surface area contributed by atoms with Gasteiger partial charge in [-0.2, -0.15) is 5.26 Å². The van der Waals surface area contributed by atoms with E-state index in [1.807, 2.05) is 0 Å². The molecule has 0 bridgehead atoms. The maximum Gasteiger partial charge on any atom is 0.236 e. The highest BCUT2D eigenvalue weighted by molar-refractivity contribution is 5.66. The zero-order valence-electron chi connectivity index (χ0n) is 13.9. The summed E-state index contributed by atoms with van der Waals surface area (Å²) in [4.78, 5) is 8.33. The molecule has 2 aromatic rings. The average Bonchev–Trinajstić information content (AvgIpc) is 2.64. The van der Waals surface area contributed by atoms with Crippen LogP contribution >= 0.6 is 0 Å². The molecule has 2 N–H and O–H groups in total. The van der Waals surface area contributed by atoms with Gasteiger partial charge in [0.15, 0.2) is 0 Å². The van der Waals surface area contributed by atoms with E-state index in [2.05, 4.69) is 16.0 Å². The fourth-order valence-electron chi connectivity index (χ4n) is 2.94. The van der Waals surface area contributed by atoms with Crippen LogP contribution in [0.1, 0.15) is 25.7 Å². The number of rotatable bonds is 4. The number of pyridine rings is 2. The molecule has 0 aliphatic heterocycles. The first kappa shape index (κ1) is 17.0. The minimum absolute atomic E-state index is 0.00512. The lowest BCUT2D eigenvalue weighted by molar-refractivity contribution is 0.137. The van der Waals surface area contributed by atoms with Gasteiger partial charge >= 0.3 is 0 Å². The Morgan fingerprint density at radius 3 is 2.68 bits per heavy atom. The molecular weight excluding hydrogens is 323 g/mol. The number of nitrogens with two attached hydrogens (primary N) is 1. The predicted molar refractivity (Wildman–Crippen MR) is 90.4 cm³/mol. The van der Waals surface area contributed by atoms with Gasteiger partial charge in [-0.25, -0.2) is 14.4 Å². The first-order valence-corrected chi connectivity index (χ1v) is 8.13. The molecule has 3 rings (SSSR count). The van der Waals surface area contributed by atoms with E-state index in [4.69, 9.17) is 20.5 Å². The molecule has 25 heavy (non-hydrogen) atoms. The molecule has 0 atom stereocenters. The van der Waals surface area contributed by atoms with Gasteiger partial charge in [-0.05, 0) is 37.8 Å². The van der Waals surface area contributed by atoms with Crippen molar-refractivity contribution < 1.29 is 13.9 Å². The van der Waals surface area contributed by atoms with Crippen LogP contribution < -0.4 is 15.2 Å². The normalized spacial score (nSPS) is 19.9. The van der Waals surface area contributed by atoms with Crippen molar-refractivity contribution in [3.05, 3.63) is 30.2 Å². The van der Waals surface area contributed by atoms with Crippen LogP contribution in [0, 0.1) is 23.1 Å². The summed E-state index contributed by atoms with van der Waals surface area (Å²) in [6.45, 7) is 0. The van der Waals surface area contributed by atoms with Crippen LogP contribution in [-0.4, -0.2) is 23.2 Å². The van der Waals surface area contributed by atoms with E-state index < -0.39 is 5.82 Å². The van der Waals surface area contributed by atoms with Crippen LogP contribution in [0.2, 0.25) is 0 Å². The molecule has 1 aliphatic rings. The molecular formula is C18H19FN4O2. The predicted octanol–water partition coefficient (Wildman–Crippen LogP) is 3.33. The third-order valence-corrected chi connectivity index (χ3v) is 4.31. The molecule has 1 saturated carbocycles. The smallest absolute Gasteiger partial charge is 0.236 e. The van der Waals surface area contributed by atoms with Gasteiger partial charge in [0.05, 0.1) is 18.9 Å². The fraction of sp³-hybridized carbons (Fsp3) is 0.389. The third-order valence-electron chi connectivity index (χ3n) is 4.31. The van der Waals surface area contributed by atoms with Crippen LogP contribution in [0.25, 0.3) is 11.3 Å². The molecule has 1 aliphatic carbocycles. The molecule has 0 unspecified atom stereocenters. The molecule has 2 heterocycles. The van der Waals surface area contributed by atoms with E-state index in [0.29, 0.717) is 17.1 Å². The van der Waals surface area contributed by atoms with Crippen molar-refractivity contribution in [1.82, 2.24) is 9.97 Å². The Labute approximate surface area is 145 Å². The Morgan fingerprint density at radius 2 is 2.04 bits per heavy atom. The molecule has 6 nitrogen and oxygen atoms in total. The van der Waals surface area contributed by atoms with Crippen molar-refractivity contribution in [3.8, 4) is 29.1 Å². The average molecular weight is 342 g/mol. The monoisotopic (exact) mass is 342 g/mol. The lowest BCUT2D eigenvalue weighted by Crippen LogP contribution is -2.24. The minimum Gasteiger partial charge on any atom is -0.480 e. The Hall–Kier alpha value is -2.88. The number of aromatic nitrogens is 2. The molecule has 130 valence electrons. The van der Waals surface area contributed by atoms with E-state index in [0.717, 1.165) is 25.7 Å². The number of methoxy groups -OCH3 is 1. The van der Waals surface area contributed by atoms with Gasteiger partial charge in [-0.15, -0.1) is 0 Å². The molecule has 2 aromatic heterocycles. The maximum absolute atomic E-state index is 14.2. The highest BCUT2D eigenvalue weighted by Crippen LogP contribution is 2.30. The first-order valence-electron chi connectivity index (χ1n) is 8.13.